The summed E-state index contributed by atoms with van der Waals surface area (Å²) in [7, 11) is 2.06. The lowest BCUT2D eigenvalue weighted by molar-refractivity contribution is -0.144. The van der Waals surface area contributed by atoms with E-state index >= 15 is 0 Å². The highest BCUT2D eigenvalue weighted by molar-refractivity contribution is 5.84. The summed E-state index contributed by atoms with van der Waals surface area (Å²) in [5.41, 5.74) is 9.13. The average molecular weight is 299 g/mol. The molecule has 1 aliphatic heterocycles. The maximum absolute atomic E-state index is 11.5. The van der Waals surface area contributed by atoms with E-state index in [1.54, 1.807) is 0 Å². The Bertz CT molecular complexity index is 724. The van der Waals surface area contributed by atoms with Crippen LogP contribution in [0.2, 0.25) is 0 Å². The van der Waals surface area contributed by atoms with E-state index in [9.17, 15) is 9.90 Å². The van der Waals surface area contributed by atoms with Crippen LogP contribution in [0.5, 0.6) is 0 Å². The van der Waals surface area contributed by atoms with Crippen molar-refractivity contribution in [2.45, 2.75) is 31.3 Å². The molecule has 0 bridgehead atoms. The van der Waals surface area contributed by atoms with Crippen molar-refractivity contribution in [3.63, 3.8) is 0 Å². The molecule has 4 atom stereocenters. The number of hydrazine groups is 1. The summed E-state index contributed by atoms with van der Waals surface area (Å²) in [6.07, 6.45) is 5.01. The molecular formula is C17H21N3O2. The first-order chi connectivity index (χ1) is 10.7. The molecule has 2 fully saturated rings. The van der Waals surface area contributed by atoms with E-state index in [1.165, 1.54) is 16.5 Å². The van der Waals surface area contributed by atoms with Crippen LogP contribution < -0.4 is 10.9 Å². The molecule has 2 aromatic rings. The van der Waals surface area contributed by atoms with E-state index in [4.69, 9.17) is 0 Å². The maximum atomic E-state index is 11.5. The molecule has 22 heavy (non-hydrogen) atoms. The van der Waals surface area contributed by atoms with Crippen molar-refractivity contribution in [1.29, 1.82) is 0 Å². The molecule has 5 heteroatoms. The Morgan fingerprint density at radius 2 is 2.09 bits per heavy atom. The van der Waals surface area contributed by atoms with E-state index < -0.39 is 5.97 Å². The fraction of sp³-hybridized carbons (Fsp3) is 0.471. The SMILES string of the molecule is Cn1cc(C2NNC3C(C(=O)O)CCCC23)c2ccccc21. The van der Waals surface area contributed by atoms with Gasteiger partial charge in [0.1, 0.15) is 0 Å². The monoisotopic (exact) mass is 299 g/mol. The van der Waals surface area contributed by atoms with Gasteiger partial charge in [0, 0.05) is 30.2 Å². The summed E-state index contributed by atoms with van der Waals surface area (Å²) < 4.78 is 2.15. The third-order valence-electron chi connectivity index (χ3n) is 5.36. The summed E-state index contributed by atoms with van der Waals surface area (Å²) >= 11 is 0. The van der Waals surface area contributed by atoms with Gasteiger partial charge in [-0.15, -0.1) is 0 Å². The van der Waals surface area contributed by atoms with Gasteiger partial charge in [0.25, 0.3) is 0 Å². The number of nitrogens with zero attached hydrogens (tertiary/aromatic N) is 1. The number of aliphatic carboxylic acids is 1. The van der Waals surface area contributed by atoms with Crippen LogP contribution in [0.3, 0.4) is 0 Å². The van der Waals surface area contributed by atoms with Crippen LogP contribution in [0.4, 0.5) is 0 Å². The Morgan fingerprint density at radius 3 is 2.91 bits per heavy atom. The quantitative estimate of drug-likeness (QED) is 0.795. The highest BCUT2D eigenvalue weighted by Crippen LogP contribution is 2.42. The van der Waals surface area contributed by atoms with Crippen LogP contribution in [-0.4, -0.2) is 21.7 Å². The van der Waals surface area contributed by atoms with Crippen molar-refractivity contribution in [2.24, 2.45) is 18.9 Å². The van der Waals surface area contributed by atoms with E-state index in [0.29, 0.717) is 5.92 Å². The minimum atomic E-state index is -0.678. The standard InChI is InChI=1S/C17H21N3O2/c1-20-9-13(10-5-2-3-8-14(10)20)16-11-6-4-7-12(17(21)22)15(11)18-19-16/h2-3,5,8-9,11-12,15-16,18-19H,4,6-7H2,1H3,(H,21,22). The van der Waals surface area contributed by atoms with Crippen LogP contribution in [0.1, 0.15) is 30.9 Å². The molecule has 0 spiro atoms. The van der Waals surface area contributed by atoms with Gasteiger partial charge in [-0.05, 0) is 30.4 Å². The van der Waals surface area contributed by atoms with Crippen LogP contribution in [0.15, 0.2) is 30.5 Å². The molecule has 1 aliphatic carbocycles. The molecular weight excluding hydrogens is 278 g/mol. The van der Waals surface area contributed by atoms with E-state index in [2.05, 4.69) is 52.9 Å². The zero-order valence-corrected chi connectivity index (χ0v) is 12.6. The number of hydrogen-bond donors (Lipinski definition) is 3. The summed E-state index contributed by atoms with van der Waals surface area (Å²) in [6.45, 7) is 0. The van der Waals surface area contributed by atoms with Crippen molar-refractivity contribution >= 4 is 16.9 Å². The number of para-hydroxylation sites is 1. The second-order valence-electron chi connectivity index (χ2n) is 6.54. The van der Waals surface area contributed by atoms with E-state index in [1.807, 2.05) is 0 Å². The zero-order valence-electron chi connectivity index (χ0n) is 12.6. The molecule has 0 amide bonds. The number of hydrogen-bond acceptors (Lipinski definition) is 3. The topological polar surface area (TPSA) is 66.3 Å². The Morgan fingerprint density at radius 1 is 1.27 bits per heavy atom. The highest BCUT2D eigenvalue weighted by Gasteiger charge is 2.46. The third-order valence-corrected chi connectivity index (χ3v) is 5.36. The van der Waals surface area contributed by atoms with Gasteiger partial charge in [-0.3, -0.25) is 10.2 Å². The molecule has 4 unspecified atom stereocenters. The molecule has 1 saturated carbocycles. The van der Waals surface area contributed by atoms with Gasteiger partial charge in [-0.1, -0.05) is 24.6 Å². The predicted molar refractivity (Wildman–Crippen MR) is 84.2 cm³/mol. The van der Waals surface area contributed by atoms with Gasteiger partial charge >= 0.3 is 5.97 Å². The van der Waals surface area contributed by atoms with Crippen molar-refractivity contribution in [1.82, 2.24) is 15.4 Å². The smallest absolute Gasteiger partial charge is 0.308 e. The number of carboxylic acids is 1. The lowest BCUT2D eigenvalue weighted by atomic mass is 9.74. The predicted octanol–water partition coefficient (Wildman–Crippen LogP) is 2.20. The average Bonchev–Trinajstić information content (AvgIpc) is 3.09. The molecule has 1 aromatic heterocycles. The Kier molecular flexibility index (Phi) is 3.20. The van der Waals surface area contributed by atoms with Crippen molar-refractivity contribution in [2.75, 3.05) is 0 Å². The second kappa shape index (κ2) is 5.11. The molecule has 4 rings (SSSR count). The number of benzene rings is 1. The Labute approximate surface area is 129 Å². The number of aromatic nitrogens is 1. The van der Waals surface area contributed by atoms with Gasteiger partial charge in [0.2, 0.25) is 0 Å². The lowest BCUT2D eigenvalue weighted by Gasteiger charge is -2.32. The number of nitrogens with one attached hydrogen (secondary N) is 2. The normalized spacial score (nSPS) is 31.3. The second-order valence-corrected chi connectivity index (χ2v) is 6.54. The molecule has 2 aliphatic rings. The molecule has 1 aromatic carbocycles. The molecule has 0 radical (unpaired) electrons. The van der Waals surface area contributed by atoms with Crippen LogP contribution in [0.25, 0.3) is 10.9 Å². The van der Waals surface area contributed by atoms with Crippen LogP contribution in [-0.2, 0) is 11.8 Å². The molecule has 5 nitrogen and oxygen atoms in total. The number of rotatable bonds is 2. The van der Waals surface area contributed by atoms with Gasteiger partial charge in [-0.2, -0.15) is 0 Å². The lowest BCUT2D eigenvalue weighted by Crippen LogP contribution is -2.43. The van der Waals surface area contributed by atoms with Crippen LogP contribution in [0, 0.1) is 11.8 Å². The number of aryl methyl sites for hydroxylation is 1. The summed E-state index contributed by atoms with van der Waals surface area (Å²) in [6, 6.07) is 8.59. The summed E-state index contributed by atoms with van der Waals surface area (Å²) in [4.78, 5) is 11.5. The first kappa shape index (κ1) is 13.8. The summed E-state index contributed by atoms with van der Waals surface area (Å²) in [5.74, 6) is -0.630. The fourth-order valence-electron chi connectivity index (χ4n) is 4.31. The molecule has 116 valence electrons. The molecule has 2 heterocycles. The summed E-state index contributed by atoms with van der Waals surface area (Å²) in [5, 5.41) is 10.7. The number of carbonyl (C=O) groups is 1. The molecule has 1 saturated heterocycles. The van der Waals surface area contributed by atoms with E-state index in [0.717, 1.165) is 19.3 Å². The first-order valence-corrected chi connectivity index (χ1v) is 7.94. The maximum Gasteiger partial charge on any atom is 0.308 e. The zero-order chi connectivity index (χ0) is 15.3. The Balaban J connectivity index is 1.73. The van der Waals surface area contributed by atoms with Gasteiger partial charge in [-0.25, -0.2) is 5.43 Å². The molecule has 3 N–H and O–H groups in total. The van der Waals surface area contributed by atoms with Gasteiger partial charge in [0.05, 0.1) is 12.0 Å². The van der Waals surface area contributed by atoms with Crippen molar-refractivity contribution in [3.05, 3.63) is 36.0 Å². The van der Waals surface area contributed by atoms with Gasteiger partial charge < -0.3 is 9.67 Å². The van der Waals surface area contributed by atoms with Crippen molar-refractivity contribution in [3.8, 4) is 0 Å². The minimum Gasteiger partial charge on any atom is -0.481 e. The first-order valence-electron chi connectivity index (χ1n) is 7.94. The number of carboxylic acid groups (broad SMARTS) is 1. The van der Waals surface area contributed by atoms with Gasteiger partial charge in [0.15, 0.2) is 0 Å². The minimum absolute atomic E-state index is 0.0234. The van der Waals surface area contributed by atoms with E-state index in [-0.39, 0.29) is 18.0 Å². The largest absolute Gasteiger partial charge is 0.481 e. The Hall–Kier alpha value is -1.85. The number of fused-ring (bicyclic) bond motifs is 2. The third kappa shape index (κ3) is 1.96. The fourth-order valence-corrected chi connectivity index (χ4v) is 4.31. The van der Waals surface area contributed by atoms with Crippen LogP contribution >= 0.6 is 0 Å². The van der Waals surface area contributed by atoms with Crippen molar-refractivity contribution < 1.29 is 9.90 Å². The highest BCUT2D eigenvalue weighted by atomic mass is 16.4.